The zero-order valence-electron chi connectivity index (χ0n) is 13.5. The van der Waals surface area contributed by atoms with Gasteiger partial charge in [-0.05, 0) is 24.3 Å². The maximum atomic E-state index is 2.22. The summed E-state index contributed by atoms with van der Waals surface area (Å²) in [6, 6.07) is 8.71. The summed E-state index contributed by atoms with van der Waals surface area (Å²) in [6.45, 7) is 13.2. The third kappa shape index (κ3) is 13.9. The molecule has 0 atom stereocenters. The molecule has 1 aromatic rings. The Balaban J connectivity index is -0.000000109. The summed E-state index contributed by atoms with van der Waals surface area (Å²) >= 11 is 0. The molecule has 0 aliphatic heterocycles. The van der Waals surface area contributed by atoms with Crippen LogP contribution in [0, 0.1) is 27.7 Å². The Hall–Kier alpha value is -0.157. The topological polar surface area (TPSA) is 0 Å². The van der Waals surface area contributed by atoms with Gasteiger partial charge in [0.15, 0.2) is 0 Å². The van der Waals surface area contributed by atoms with Crippen LogP contribution in [0.2, 0.25) is 0 Å². The van der Waals surface area contributed by atoms with Gasteiger partial charge in [0.25, 0.3) is 0 Å². The molecule has 0 spiro atoms. The van der Waals surface area contributed by atoms with E-state index in [1.54, 1.807) is 0 Å². The normalized spacial score (nSPS) is 8.44. The number of benzene rings is 1. The standard InChI is InChI=1S/C10H14.C5H12.2CH3.Ru/c1-8(2)10-6-4-9(3)5-7-10;1-4-5(2)3;;;/h4-8H,1-3H3;5H,4H2,1-3H3;2*1H3;/q;;2*-1;+2. The zero-order valence-corrected chi connectivity index (χ0v) is 15.3. The van der Waals surface area contributed by atoms with Gasteiger partial charge in [-0.25, -0.2) is 0 Å². The molecule has 0 nitrogen and oxygen atoms in total. The molecule has 0 N–H and O–H groups in total. The molecule has 1 rings (SSSR count). The van der Waals surface area contributed by atoms with Gasteiger partial charge in [-0.15, -0.1) is 0 Å². The molecule has 0 unspecified atom stereocenters. The molecule has 0 aliphatic rings. The van der Waals surface area contributed by atoms with E-state index in [2.05, 4.69) is 65.8 Å². The summed E-state index contributed by atoms with van der Waals surface area (Å²) in [6.07, 6.45) is 1.31. The van der Waals surface area contributed by atoms with E-state index in [1.807, 2.05) is 0 Å². The summed E-state index contributed by atoms with van der Waals surface area (Å²) in [7, 11) is 0. The molecule has 0 aliphatic carbocycles. The molecule has 0 amide bonds. The van der Waals surface area contributed by atoms with E-state index >= 15 is 0 Å². The first-order chi connectivity index (χ1) is 6.97. The third-order valence-corrected chi connectivity index (χ3v) is 2.56. The average Bonchev–Trinajstić information content (AvgIpc) is 2.19. The fourth-order valence-electron chi connectivity index (χ4n) is 0.951. The summed E-state index contributed by atoms with van der Waals surface area (Å²) in [5, 5.41) is 0. The molecule has 0 fully saturated rings. The zero-order chi connectivity index (χ0) is 11.8. The predicted octanol–water partition coefficient (Wildman–Crippen LogP) is 6.07. The van der Waals surface area contributed by atoms with Crippen LogP contribution in [0.5, 0.6) is 0 Å². The van der Waals surface area contributed by atoms with E-state index in [0.29, 0.717) is 5.92 Å². The molecule has 0 saturated carbocycles. The Morgan fingerprint density at radius 3 is 1.44 bits per heavy atom. The van der Waals surface area contributed by atoms with Crippen molar-refractivity contribution in [1.82, 2.24) is 0 Å². The van der Waals surface area contributed by atoms with Gasteiger partial charge in [0.05, 0.1) is 0 Å². The maximum Gasteiger partial charge on any atom is 2.00 e. The minimum Gasteiger partial charge on any atom is -0.358 e. The minimum atomic E-state index is 0. The second-order valence-corrected chi connectivity index (χ2v) is 4.87. The van der Waals surface area contributed by atoms with Crippen molar-refractivity contribution in [3.05, 3.63) is 50.2 Å². The largest absolute Gasteiger partial charge is 2.00 e. The molecule has 0 aromatic heterocycles. The van der Waals surface area contributed by atoms with Crippen LogP contribution in [0.4, 0.5) is 0 Å². The maximum absolute atomic E-state index is 2.22. The van der Waals surface area contributed by atoms with Gasteiger partial charge in [-0.3, -0.25) is 0 Å². The Bertz CT molecular complexity index is 247. The van der Waals surface area contributed by atoms with Crippen molar-refractivity contribution >= 4 is 0 Å². The molecule has 0 heterocycles. The van der Waals surface area contributed by atoms with Crippen molar-refractivity contribution in [1.29, 1.82) is 0 Å². The third-order valence-electron chi connectivity index (χ3n) is 2.56. The SMILES string of the molecule is CCC(C)C.Cc1ccc(C(C)C)cc1.[CH3-].[CH3-].[Ru+2]. The molecular weight excluding hydrogens is 305 g/mol. The molecule has 0 bridgehead atoms. The first-order valence-corrected chi connectivity index (χ1v) is 6.03. The van der Waals surface area contributed by atoms with E-state index in [4.69, 9.17) is 0 Å². The van der Waals surface area contributed by atoms with Crippen LogP contribution in [0.25, 0.3) is 0 Å². The van der Waals surface area contributed by atoms with Crippen LogP contribution in [-0.4, -0.2) is 0 Å². The minimum absolute atomic E-state index is 0. The van der Waals surface area contributed by atoms with E-state index in [-0.39, 0.29) is 34.3 Å². The monoisotopic (exact) mass is 338 g/mol. The van der Waals surface area contributed by atoms with Gasteiger partial charge in [-0.1, -0.05) is 70.9 Å². The number of hydrogen-bond donors (Lipinski definition) is 0. The molecule has 0 saturated heterocycles. The van der Waals surface area contributed by atoms with E-state index in [1.165, 1.54) is 17.5 Å². The Morgan fingerprint density at radius 2 is 1.22 bits per heavy atom. The number of rotatable bonds is 2. The fraction of sp³-hybridized carbons (Fsp3) is 0.529. The van der Waals surface area contributed by atoms with Gasteiger partial charge in [0, 0.05) is 0 Å². The second-order valence-electron chi connectivity index (χ2n) is 4.87. The van der Waals surface area contributed by atoms with Crippen molar-refractivity contribution in [3.63, 3.8) is 0 Å². The molecule has 0 radical (unpaired) electrons. The number of aryl methyl sites for hydroxylation is 1. The smallest absolute Gasteiger partial charge is 0.358 e. The van der Waals surface area contributed by atoms with Crippen molar-refractivity contribution < 1.29 is 19.5 Å². The van der Waals surface area contributed by atoms with E-state index in [9.17, 15) is 0 Å². The van der Waals surface area contributed by atoms with Crippen molar-refractivity contribution in [2.45, 2.75) is 53.9 Å². The van der Waals surface area contributed by atoms with Crippen LogP contribution < -0.4 is 0 Å². The predicted molar refractivity (Wildman–Crippen MR) is 83.2 cm³/mol. The Morgan fingerprint density at radius 1 is 0.889 bits per heavy atom. The summed E-state index contributed by atoms with van der Waals surface area (Å²) in [5.74, 6) is 1.54. The second kappa shape index (κ2) is 14.9. The van der Waals surface area contributed by atoms with Gasteiger partial charge >= 0.3 is 19.5 Å². The van der Waals surface area contributed by atoms with Crippen LogP contribution in [0.15, 0.2) is 24.3 Å². The summed E-state index contributed by atoms with van der Waals surface area (Å²) in [5.41, 5.74) is 2.76. The van der Waals surface area contributed by atoms with E-state index in [0.717, 1.165) is 5.92 Å². The van der Waals surface area contributed by atoms with Crippen molar-refractivity contribution in [2.75, 3.05) is 0 Å². The van der Waals surface area contributed by atoms with Crippen LogP contribution in [0.3, 0.4) is 0 Å². The van der Waals surface area contributed by atoms with Crippen molar-refractivity contribution in [3.8, 4) is 0 Å². The first-order valence-electron chi connectivity index (χ1n) is 6.03. The van der Waals surface area contributed by atoms with Crippen LogP contribution in [0.1, 0.15) is 58.1 Å². The quantitative estimate of drug-likeness (QED) is 0.454. The van der Waals surface area contributed by atoms with Gasteiger partial charge < -0.3 is 14.9 Å². The summed E-state index contributed by atoms with van der Waals surface area (Å²) < 4.78 is 0. The first kappa shape index (κ1) is 26.4. The fourth-order valence-corrected chi connectivity index (χ4v) is 0.951. The van der Waals surface area contributed by atoms with Crippen LogP contribution >= 0.6 is 0 Å². The molecule has 1 heteroatoms. The number of hydrogen-bond acceptors (Lipinski definition) is 0. The molecule has 18 heavy (non-hydrogen) atoms. The van der Waals surface area contributed by atoms with Gasteiger partial charge in [0.2, 0.25) is 0 Å². The Labute approximate surface area is 129 Å². The van der Waals surface area contributed by atoms with Gasteiger partial charge in [0.1, 0.15) is 0 Å². The molecular formula is C17H32Ru. The molecule has 1 aromatic carbocycles. The van der Waals surface area contributed by atoms with E-state index < -0.39 is 0 Å². The molecule has 108 valence electrons. The van der Waals surface area contributed by atoms with Gasteiger partial charge in [-0.2, -0.15) is 0 Å². The Kier molecular flexibility index (Phi) is 21.9. The van der Waals surface area contributed by atoms with Crippen LogP contribution in [-0.2, 0) is 19.5 Å². The summed E-state index contributed by atoms with van der Waals surface area (Å²) in [4.78, 5) is 0. The van der Waals surface area contributed by atoms with Crippen molar-refractivity contribution in [2.24, 2.45) is 5.92 Å². The average molecular weight is 338 g/mol.